The van der Waals surface area contributed by atoms with Crippen LogP contribution in [0.3, 0.4) is 0 Å². The van der Waals surface area contributed by atoms with Gasteiger partial charge < -0.3 is 10.1 Å². The van der Waals surface area contributed by atoms with Crippen molar-refractivity contribution < 1.29 is 23.9 Å². The van der Waals surface area contributed by atoms with E-state index in [2.05, 4.69) is 12.2 Å². The molecule has 34 heavy (non-hydrogen) atoms. The second-order valence-electron chi connectivity index (χ2n) is 7.57. The number of ether oxygens (including phenoxy) is 1. The zero-order chi connectivity index (χ0) is 25.2. The molecule has 0 spiro atoms. The molecule has 0 saturated carbocycles. The van der Waals surface area contributed by atoms with Gasteiger partial charge in [-0.2, -0.15) is 0 Å². The number of carbonyl (C=O) groups is 4. The number of hydrogen-bond donors (Lipinski definition) is 1. The van der Waals surface area contributed by atoms with E-state index in [4.69, 9.17) is 51.1 Å². The van der Waals surface area contributed by atoms with E-state index in [1.165, 1.54) is 31.2 Å². The fourth-order valence-corrected chi connectivity index (χ4v) is 4.39. The number of unbranched alkanes of at least 4 members (excludes halogenated alkanes) is 2. The number of esters is 1. The van der Waals surface area contributed by atoms with Crippen LogP contribution >= 0.6 is 46.4 Å². The highest BCUT2D eigenvalue weighted by atomic mass is 35.5. The summed E-state index contributed by atoms with van der Waals surface area (Å²) in [5.41, 5.74) is 0.291. The van der Waals surface area contributed by atoms with Crippen molar-refractivity contribution in [1.82, 2.24) is 4.90 Å². The molecule has 1 atom stereocenters. The normalized spacial score (nSPS) is 13.6. The van der Waals surface area contributed by atoms with E-state index in [0.717, 1.165) is 24.2 Å². The number of anilines is 1. The van der Waals surface area contributed by atoms with Crippen LogP contribution in [-0.4, -0.2) is 41.2 Å². The van der Waals surface area contributed by atoms with Gasteiger partial charge in [0, 0.05) is 5.69 Å². The molecule has 1 N–H and O–H groups in total. The molecule has 11 heteroatoms. The van der Waals surface area contributed by atoms with Crippen LogP contribution in [0.25, 0.3) is 0 Å². The lowest BCUT2D eigenvalue weighted by Gasteiger charge is -2.21. The van der Waals surface area contributed by atoms with Gasteiger partial charge in [0.1, 0.15) is 6.04 Å². The Morgan fingerprint density at radius 1 is 0.912 bits per heavy atom. The van der Waals surface area contributed by atoms with Crippen LogP contribution in [-0.2, 0) is 9.53 Å². The predicted molar refractivity (Wildman–Crippen MR) is 131 cm³/mol. The largest absolute Gasteiger partial charge is 0.462 e. The Morgan fingerprint density at radius 3 is 1.94 bits per heavy atom. The van der Waals surface area contributed by atoms with Gasteiger partial charge >= 0.3 is 5.97 Å². The number of nitrogens with one attached hydrogen (secondary N) is 1. The van der Waals surface area contributed by atoms with Gasteiger partial charge in [-0.15, -0.1) is 0 Å². The van der Waals surface area contributed by atoms with Crippen LogP contribution < -0.4 is 5.32 Å². The average Bonchev–Trinajstić information content (AvgIpc) is 3.08. The van der Waals surface area contributed by atoms with Crippen molar-refractivity contribution in [2.45, 2.75) is 39.2 Å². The standard InChI is InChI=1S/C23H20Cl4N2O5/c1-3-4-5-10-34-23(33)12-6-8-13(9-7-12)28-20(30)11(2)29-21(31)14-15(22(29)32)17(25)19(27)18(26)16(14)24/h6-9,11H,3-5,10H2,1-2H3,(H,28,30)/t11-/m1/s1. The van der Waals surface area contributed by atoms with E-state index in [9.17, 15) is 19.2 Å². The predicted octanol–water partition coefficient (Wildman–Crippen LogP) is 6.27. The summed E-state index contributed by atoms with van der Waals surface area (Å²) >= 11 is 24.3. The number of halogens is 4. The molecule has 1 heterocycles. The quantitative estimate of drug-likeness (QED) is 0.139. The van der Waals surface area contributed by atoms with E-state index in [1.54, 1.807) is 0 Å². The Morgan fingerprint density at radius 2 is 1.44 bits per heavy atom. The molecular formula is C23H20Cl4N2O5. The fraction of sp³-hybridized carbons (Fsp3) is 0.304. The fourth-order valence-electron chi connectivity index (χ4n) is 3.37. The molecule has 0 unspecified atom stereocenters. The number of amides is 3. The monoisotopic (exact) mass is 544 g/mol. The topological polar surface area (TPSA) is 92.8 Å². The third-order valence-electron chi connectivity index (χ3n) is 5.27. The van der Waals surface area contributed by atoms with Crippen molar-refractivity contribution >= 4 is 75.8 Å². The summed E-state index contributed by atoms with van der Waals surface area (Å²) in [5, 5.41) is 1.87. The van der Waals surface area contributed by atoms with Gasteiger partial charge in [0.2, 0.25) is 5.91 Å². The van der Waals surface area contributed by atoms with Crippen LogP contribution in [0.1, 0.15) is 64.2 Å². The number of carbonyl (C=O) groups excluding carboxylic acids is 4. The zero-order valence-corrected chi connectivity index (χ0v) is 21.2. The molecule has 7 nitrogen and oxygen atoms in total. The first-order valence-corrected chi connectivity index (χ1v) is 11.9. The molecular weight excluding hydrogens is 526 g/mol. The molecule has 3 amide bonds. The van der Waals surface area contributed by atoms with Gasteiger partial charge in [-0.3, -0.25) is 19.3 Å². The van der Waals surface area contributed by atoms with Crippen molar-refractivity contribution in [3.63, 3.8) is 0 Å². The molecule has 0 aromatic heterocycles. The number of hydrogen-bond acceptors (Lipinski definition) is 5. The van der Waals surface area contributed by atoms with Crippen molar-refractivity contribution in [2.75, 3.05) is 11.9 Å². The minimum Gasteiger partial charge on any atom is -0.462 e. The summed E-state index contributed by atoms with van der Waals surface area (Å²) in [4.78, 5) is 51.5. The summed E-state index contributed by atoms with van der Waals surface area (Å²) < 4.78 is 5.20. The van der Waals surface area contributed by atoms with E-state index in [-0.39, 0.29) is 31.2 Å². The Balaban J connectivity index is 1.71. The first kappa shape index (κ1) is 26.3. The molecule has 0 radical (unpaired) electrons. The lowest BCUT2D eigenvalue weighted by molar-refractivity contribution is -0.119. The Bertz CT molecular complexity index is 1120. The summed E-state index contributed by atoms with van der Waals surface area (Å²) in [6.45, 7) is 3.77. The molecule has 0 aliphatic carbocycles. The number of imide groups is 1. The number of rotatable bonds is 8. The number of nitrogens with zero attached hydrogens (tertiary/aromatic N) is 1. The Labute approximate surface area is 216 Å². The molecule has 0 bridgehead atoms. The highest BCUT2D eigenvalue weighted by Crippen LogP contribution is 2.45. The minimum atomic E-state index is -1.21. The first-order chi connectivity index (χ1) is 16.1. The minimum absolute atomic E-state index is 0.156. The van der Waals surface area contributed by atoms with Gasteiger partial charge in [0.25, 0.3) is 11.8 Å². The summed E-state index contributed by atoms with van der Waals surface area (Å²) in [7, 11) is 0. The second-order valence-corrected chi connectivity index (χ2v) is 9.08. The summed E-state index contributed by atoms with van der Waals surface area (Å²) in [6, 6.07) is 4.84. The average molecular weight is 546 g/mol. The van der Waals surface area contributed by atoms with Crippen LogP contribution in [0.15, 0.2) is 24.3 Å². The third-order valence-corrected chi connectivity index (χ3v) is 7.07. The van der Waals surface area contributed by atoms with Crippen LogP contribution in [0.2, 0.25) is 20.1 Å². The van der Waals surface area contributed by atoms with Crippen LogP contribution in [0, 0.1) is 0 Å². The maximum Gasteiger partial charge on any atom is 0.338 e. The summed E-state index contributed by atoms with van der Waals surface area (Å²) in [6.07, 6.45) is 2.79. The Kier molecular flexibility index (Phi) is 8.47. The Hall–Kier alpha value is -2.32. The number of fused-ring (bicyclic) bond motifs is 1. The van der Waals surface area contributed by atoms with Crippen molar-refractivity contribution in [3.05, 3.63) is 61.0 Å². The van der Waals surface area contributed by atoms with Gasteiger partial charge in [0.15, 0.2) is 0 Å². The van der Waals surface area contributed by atoms with E-state index >= 15 is 0 Å². The molecule has 0 fully saturated rings. The second kappa shape index (κ2) is 11.0. The van der Waals surface area contributed by atoms with E-state index in [0.29, 0.717) is 17.9 Å². The summed E-state index contributed by atoms with van der Waals surface area (Å²) in [5.74, 6) is -2.73. The maximum absolute atomic E-state index is 12.9. The molecule has 0 saturated heterocycles. The number of benzene rings is 2. The maximum atomic E-state index is 12.9. The highest BCUT2D eigenvalue weighted by molar-refractivity contribution is 6.55. The van der Waals surface area contributed by atoms with Crippen molar-refractivity contribution in [3.8, 4) is 0 Å². The molecule has 2 aromatic rings. The molecule has 3 rings (SSSR count). The van der Waals surface area contributed by atoms with Gasteiger partial charge in [-0.1, -0.05) is 66.2 Å². The molecule has 2 aromatic carbocycles. The highest BCUT2D eigenvalue weighted by Gasteiger charge is 2.45. The lowest BCUT2D eigenvalue weighted by Crippen LogP contribution is -2.45. The van der Waals surface area contributed by atoms with Gasteiger partial charge in [0.05, 0.1) is 43.4 Å². The lowest BCUT2D eigenvalue weighted by atomic mass is 10.1. The SMILES string of the molecule is CCCCCOC(=O)c1ccc(NC(=O)[C@@H](C)N2C(=O)c3c(Cl)c(Cl)c(Cl)c(Cl)c3C2=O)cc1. The van der Waals surface area contributed by atoms with Crippen LogP contribution in [0.5, 0.6) is 0 Å². The smallest absolute Gasteiger partial charge is 0.338 e. The third kappa shape index (κ3) is 5.03. The van der Waals surface area contributed by atoms with Crippen LogP contribution in [0.4, 0.5) is 5.69 Å². The zero-order valence-electron chi connectivity index (χ0n) is 18.2. The molecule has 1 aliphatic rings. The van der Waals surface area contributed by atoms with E-state index < -0.39 is 29.7 Å². The van der Waals surface area contributed by atoms with Gasteiger partial charge in [-0.25, -0.2) is 4.79 Å². The first-order valence-electron chi connectivity index (χ1n) is 10.4. The molecule has 180 valence electrons. The van der Waals surface area contributed by atoms with Gasteiger partial charge in [-0.05, 0) is 37.6 Å². The van der Waals surface area contributed by atoms with E-state index in [1.807, 2.05) is 0 Å². The van der Waals surface area contributed by atoms with Crippen molar-refractivity contribution in [2.24, 2.45) is 0 Å². The van der Waals surface area contributed by atoms with Crippen molar-refractivity contribution in [1.29, 1.82) is 0 Å². The molecule has 1 aliphatic heterocycles.